The molecule has 0 spiro atoms. The van der Waals surface area contributed by atoms with Crippen LogP contribution in [-0.4, -0.2) is 126 Å². The molecule has 14 nitrogen and oxygen atoms in total. The molecule has 9 N–H and O–H groups in total. The molecule has 14 heteroatoms. The van der Waals surface area contributed by atoms with Crippen molar-refractivity contribution >= 4 is 11.9 Å². The van der Waals surface area contributed by atoms with Gasteiger partial charge in [0.2, 0.25) is 12.6 Å². The van der Waals surface area contributed by atoms with Crippen molar-refractivity contribution in [1.29, 1.82) is 0 Å². The van der Waals surface area contributed by atoms with Crippen LogP contribution >= 0.6 is 0 Å². The van der Waals surface area contributed by atoms with E-state index in [1.807, 2.05) is 0 Å². The zero-order valence-electron chi connectivity index (χ0n) is 21.5. The molecule has 2 fully saturated rings. The smallest absolute Gasteiger partial charge is 0.229 e. The second-order valence-corrected chi connectivity index (χ2v) is 9.58. The topological polar surface area (TPSA) is 236 Å². The van der Waals surface area contributed by atoms with Gasteiger partial charge in [-0.05, 0) is 35.9 Å². The Hall–Kier alpha value is -3.15. The van der Waals surface area contributed by atoms with Crippen LogP contribution in [0.5, 0.6) is 17.2 Å². The minimum absolute atomic E-state index is 0.0117. The molecule has 0 bridgehead atoms. The van der Waals surface area contributed by atoms with Gasteiger partial charge >= 0.3 is 0 Å². The van der Waals surface area contributed by atoms with Gasteiger partial charge in [-0.1, -0.05) is 18.2 Å². The monoisotopic (exact) mass is 580 g/mol. The van der Waals surface area contributed by atoms with Gasteiger partial charge in [-0.3, -0.25) is 4.79 Å². The maximum atomic E-state index is 12.7. The van der Waals surface area contributed by atoms with Crippen LogP contribution in [-0.2, 0) is 9.47 Å². The Morgan fingerprint density at radius 3 is 1.68 bits per heavy atom. The first-order chi connectivity index (χ1) is 19.5. The van der Waals surface area contributed by atoms with Crippen molar-refractivity contribution in [2.24, 2.45) is 0 Å². The fourth-order valence-corrected chi connectivity index (χ4v) is 4.31. The third-order valence-electron chi connectivity index (χ3n) is 6.74. The average molecular weight is 581 g/mol. The molecular formula is C27H32O14. The Morgan fingerprint density at radius 1 is 0.707 bits per heavy atom. The fourth-order valence-electron chi connectivity index (χ4n) is 4.31. The highest BCUT2D eigenvalue weighted by Crippen LogP contribution is 2.29. The van der Waals surface area contributed by atoms with Crippen molar-refractivity contribution in [3.05, 3.63) is 59.7 Å². The van der Waals surface area contributed by atoms with Crippen molar-refractivity contribution in [3.8, 4) is 17.2 Å². The van der Waals surface area contributed by atoms with Crippen molar-refractivity contribution in [3.63, 3.8) is 0 Å². The summed E-state index contributed by atoms with van der Waals surface area (Å²) < 4.78 is 21.5. The number of hydrogen-bond acceptors (Lipinski definition) is 14. The first kappa shape index (κ1) is 30.8. The van der Waals surface area contributed by atoms with E-state index in [-0.39, 0.29) is 17.1 Å². The van der Waals surface area contributed by atoms with E-state index in [0.717, 1.165) is 6.07 Å². The SMILES string of the molecule is O=C(/C=C/c1ccc(O[C@@H]2O[C@@H](CO)[C@@H](O)[C@@H](O)[C@@H]2O)cc1)c1ccc(O[C@@H]2O[C@@H](CO)[C@@H](O)[C@H](O)[C@H]2O)cc1O. The molecule has 2 aliphatic heterocycles. The Kier molecular flexibility index (Phi) is 9.93. The number of benzene rings is 2. The molecular weight excluding hydrogens is 548 g/mol. The van der Waals surface area contributed by atoms with Gasteiger partial charge in [0.1, 0.15) is 66.1 Å². The van der Waals surface area contributed by atoms with Crippen LogP contribution in [0, 0.1) is 0 Å². The summed E-state index contributed by atoms with van der Waals surface area (Å²) in [6.45, 7) is -1.23. The second-order valence-electron chi connectivity index (χ2n) is 9.58. The standard InChI is InChI=1S/C27H32O14/c28-10-18-20(32)22(34)24(36)26(40-18)38-13-4-1-12(2-5-13)3-8-16(30)15-7-6-14(9-17(15)31)39-27-25(37)23(35)21(33)19(11-29)41-27/h1-9,18-29,31-37H,10-11H2/b8-3+/t18-,19-,20+,21+,22+,23-,24-,25+,26+,27+/m0/s1. The average Bonchev–Trinajstić information content (AvgIpc) is 2.97. The first-order valence-corrected chi connectivity index (χ1v) is 12.6. The van der Waals surface area contributed by atoms with Crippen LogP contribution in [0.4, 0.5) is 0 Å². The van der Waals surface area contributed by atoms with Crippen molar-refractivity contribution < 1.29 is 69.7 Å². The summed E-state index contributed by atoms with van der Waals surface area (Å²) >= 11 is 0. The number of rotatable bonds is 9. The predicted octanol–water partition coefficient (Wildman–Crippen LogP) is -2.35. The highest BCUT2D eigenvalue weighted by Gasteiger charge is 2.45. The second kappa shape index (κ2) is 13.2. The van der Waals surface area contributed by atoms with Gasteiger partial charge in [-0.15, -0.1) is 0 Å². The van der Waals surface area contributed by atoms with Crippen LogP contribution in [0.3, 0.4) is 0 Å². The normalized spacial score (nSPS) is 34.0. The minimum Gasteiger partial charge on any atom is -0.507 e. The highest BCUT2D eigenvalue weighted by molar-refractivity contribution is 6.08. The number of carbonyl (C=O) groups excluding carboxylic acids is 1. The third-order valence-corrected chi connectivity index (χ3v) is 6.74. The number of aromatic hydroxyl groups is 1. The van der Waals surface area contributed by atoms with E-state index in [9.17, 15) is 50.8 Å². The van der Waals surface area contributed by atoms with Crippen LogP contribution in [0.2, 0.25) is 0 Å². The van der Waals surface area contributed by atoms with Crippen molar-refractivity contribution in [2.45, 2.75) is 61.4 Å². The summed E-state index contributed by atoms with van der Waals surface area (Å²) in [5.41, 5.74) is 0.506. The summed E-state index contributed by atoms with van der Waals surface area (Å²) in [6, 6.07) is 9.89. The first-order valence-electron chi connectivity index (χ1n) is 12.6. The summed E-state index contributed by atoms with van der Waals surface area (Å²) in [4.78, 5) is 12.7. The molecule has 4 rings (SSSR count). The molecule has 0 aliphatic carbocycles. The lowest BCUT2D eigenvalue weighted by Crippen LogP contribution is -2.60. The van der Waals surface area contributed by atoms with E-state index in [1.54, 1.807) is 12.1 Å². The van der Waals surface area contributed by atoms with E-state index in [1.165, 1.54) is 36.4 Å². The zero-order valence-corrected chi connectivity index (χ0v) is 21.5. The van der Waals surface area contributed by atoms with Gasteiger partial charge in [-0.25, -0.2) is 0 Å². The Bertz CT molecular complexity index is 1200. The highest BCUT2D eigenvalue weighted by atomic mass is 16.7. The van der Waals surface area contributed by atoms with Gasteiger partial charge in [0.05, 0.1) is 18.8 Å². The quantitative estimate of drug-likeness (QED) is 0.112. The molecule has 0 aromatic heterocycles. The zero-order chi connectivity index (χ0) is 29.8. The van der Waals surface area contributed by atoms with E-state index in [4.69, 9.17) is 18.9 Å². The number of ether oxygens (including phenoxy) is 4. The number of ketones is 1. The van der Waals surface area contributed by atoms with Crippen LogP contribution < -0.4 is 9.47 Å². The van der Waals surface area contributed by atoms with E-state index in [0.29, 0.717) is 5.56 Å². The third kappa shape index (κ3) is 6.85. The van der Waals surface area contributed by atoms with Gasteiger partial charge in [0.15, 0.2) is 5.78 Å². The van der Waals surface area contributed by atoms with Crippen molar-refractivity contribution in [1.82, 2.24) is 0 Å². The molecule has 2 saturated heterocycles. The van der Waals surface area contributed by atoms with Crippen LogP contribution in [0.15, 0.2) is 48.5 Å². The molecule has 0 amide bonds. The molecule has 41 heavy (non-hydrogen) atoms. The van der Waals surface area contributed by atoms with Crippen LogP contribution in [0.1, 0.15) is 15.9 Å². The number of allylic oxidation sites excluding steroid dienone is 1. The van der Waals surface area contributed by atoms with Gasteiger partial charge < -0.3 is 64.9 Å². The lowest BCUT2D eigenvalue weighted by atomic mass is 9.99. The Labute approximate surface area is 233 Å². The maximum Gasteiger partial charge on any atom is 0.229 e. The molecule has 0 saturated carbocycles. The lowest BCUT2D eigenvalue weighted by molar-refractivity contribution is -0.277. The van der Waals surface area contributed by atoms with Crippen LogP contribution in [0.25, 0.3) is 6.08 Å². The van der Waals surface area contributed by atoms with E-state index in [2.05, 4.69) is 0 Å². The number of carbonyl (C=O) groups is 1. The van der Waals surface area contributed by atoms with Gasteiger partial charge in [0.25, 0.3) is 0 Å². The predicted molar refractivity (Wildman–Crippen MR) is 137 cm³/mol. The molecule has 0 radical (unpaired) electrons. The maximum absolute atomic E-state index is 12.7. The summed E-state index contributed by atoms with van der Waals surface area (Å²) in [5.74, 6) is -0.763. The molecule has 2 heterocycles. The number of aliphatic hydroxyl groups excluding tert-OH is 8. The fraction of sp³-hybridized carbons (Fsp3) is 0.444. The molecule has 2 aliphatic rings. The summed E-state index contributed by atoms with van der Waals surface area (Å²) in [6.07, 6.45) is -11.9. The van der Waals surface area contributed by atoms with Gasteiger partial charge in [0, 0.05) is 6.07 Å². The van der Waals surface area contributed by atoms with E-state index >= 15 is 0 Å². The molecule has 224 valence electrons. The minimum atomic E-state index is -1.65. The Morgan fingerprint density at radius 2 is 1.20 bits per heavy atom. The molecule has 10 atom stereocenters. The lowest BCUT2D eigenvalue weighted by Gasteiger charge is -2.39. The molecule has 2 aromatic rings. The molecule has 0 unspecified atom stereocenters. The van der Waals surface area contributed by atoms with Gasteiger partial charge in [-0.2, -0.15) is 0 Å². The summed E-state index contributed by atoms with van der Waals surface area (Å²) in [5, 5.41) is 88.6. The summed E-state index contributed by atoms with van der Waals surface area (Å²) in [7, 11) is 0. The molecule has 2 aromatic carbocycles. The van der Waals surface area contributed by atoms with Crippen molar-refractivity contribution in [2.75, 3.05) is 13.2 Å². The van der Waals surface area contributed by atoms with E-state index < -0.39 is 86.2 Å². The number of phenolic OH excluding ortho intramolecular Hbond substituents is 1. The number of hydrogen-bond donors (Lipinski definition) is 9. The number of aliphatic hydroxyl groups is 8. The largest absolute Gasteiger partial charge is 0.507 e. The Balaban J connectivity index is 1.36. The number of phenols is 1.